The van der Waals surface area contributed by atoms with Crippen molar-refractivity contribution in [3.05, 3.63) is 11.6 Å². The Morgan fingerprint density at radius 2 is 1.81 bits per heavy atom. The third-order valence-corrected chi connectivity index (χ3v) is 14.0. The minimum absolute atomic E-state index is 0.138. The molecule has 0 aromatic heterocycles. The zero-order valence-electron chi connectivity index (χ0n) is 27.7. The molecule has 0 spiro atoms. The number of ether oxygens (including phenoxy) is 3. The van der Waals surface area contributed by atoms with Crippen LogP contribution >= 0.6 is 0 Å². The summed E-state index contributed by atoms with van der Waals surface area (Å²) in [5.74, 6) is 0.0883. The Balaban J connectivity index is 1.59. The molecule has 0 amide bonds. The van der Waals surface area contributed by atoms with Crippen LogP contribution in [0.4, 0.5) is 0 Å². The van der Waals surface area contributed by atoms with Gasteiger partial charge >= 0.3 is 11.9 Å². The van der Waals surface area contributed by atoms with Gasteiger partial charge in [-0.05, 0) is 85.5 Å². The highest BCUT2D eigenvalue weighted by Gasteiger charge is 2.72. The molecule has 2 bridgehead atoms. The maximum atomic E-state index is 13.3. The molecule has 42 heavy (non-hydrogen) atoms. The van der Waals surface area contributed by atoms with E-state index in [-0.39, 0.29) is 45.3 Å². The van der Waals surface area contributed by atoms with Gasteiger partial charge < -0.3 is 24.6 Å². The van der Waals surface area contributed by atoms with E-state index in [1.54, 1.807) is 0 Å². The van der Waals surface area contributed by atoms with E-state index >= 15 is 0 Å². The number of hydrogen-bond acceptors (Lipinski definition) is 6. The first-order valence-electron chi connectivity index (χ1n) is 16.6. The number of carbonyl (C=O) groups excluding carboxylic acids is 1. The quantitative estimate of drug-likeness (QED) is 0.201. The van der Waals surface area contributed by atoms with Crippen molar-refractivity contribution >= 4 is 11.9 Å². The number of carboxylic acid groups (broad SMARTS) is 1. The standard InChI is InChI=1S/C35H57NO6/c1-21(2)22(3)31(5)14-15-33(7)24-10-11-27-32(6)19-40-20-35(27,25(24)12-13-34(33,8)28(31)30(38)39)18-26(42-23(4)37)29(32)41-17-16-36-9/h12,21-22,24,26-29,36H,10-11,13-20H2,1-9H3,(H,38,39)/t22-,24+,26-,27+,28-,29+,31-,32+,33-,34+,35-/m1/s1. The van der Waals surface area contributed by atoms with Gasteiger partial charge in [-0.25, -0.2) is 0 Å². The smallest absolute Gasteiger partial charge is 0.307 e. The lowest BCUT2D eigenvalue weighted by atomic mass is 9.34. The van der Waals surface area contributed by atoms with Crippen LogP contribution in [-0.4, -0.2) is 62.7 Å². The number of carboxylic acids is 1. The molecule has 2 N–H and O–H groups in total. The molecule has 0 unspecified atom stereocenters. The molecule has 1 heterocycles. The first-order valence-corrected chi connectivity index (χ1v) is 16.6. The Morgan fingerprint density at radius 1 is 1.10 bits per heavy atom. The number of likely N-dealkylation sites (N-methyl/N-ethyl adjacent to an activating group) is 1. The van der Waals surface area contributed by atoms with Crippen LogP contribution in [0, 0.1) is 56.7 Å². The van der Waals surface area contributed by atoms with Gasteiger partial charge in [-0.2, -0.15) is 0 Å². The van der Waals surface area contributed by atoms with Crippen LogP contribution in [0.3, 0.4) is 0 Å². The summed E-state index contributed by atoms with van der Waals surface area (Å²) < 4.78 is 19.1. The third kappa shape index (κ3) is 4.37. The summed E-state index contributed by atoms with van der Waals surface area (Å²) in [5, 5.41) is 14.1. The van der Waals surface area contributed by atoms with E-state index in [9.17, 15) is 14.7 Å². The van der Waals surface area contributed by atoms with Gasteiger partial charge in [-0.1, -0.05) is 60.1 Å². The first kappa shape index (κ1) is 32.0. The molecule has 5 aliphatic rings. The Labute approximate surface area is 253 Å². The summed E-state index contributed by atoms with van der Waals surface area (Å²) in [7, 11) is 1.92. The fourth-order valence-electron chi connectivity index (χ4n) is 11.5. The predicted molar refractivity (Wildman–Crippen MR) is 163 cm³/mol. The second kappa shape index (κ2) is 10.9. The Morgan fingerprint density at radius 3 is 2.43 bits per heavy atom. The van der Waals surface area contributed by atoms with E-state index in [0.29, 0.717) is 49.9 Å². The zero-order valence-corrected chi connectivity index (χ0v) is 27.7. The van der Waals surface area contributed by atoms with E-state index in [2.05, 4.69) is 59.9 Å². The second-order valence-corrected chi connectivity index (χ2v) is 16.1. The Kier molecular flexibility index (Phi) is 8.27. The molecular weight excluding hydrogens is 530 g/mol. The predicted octanol–water partition coefficient (Wildman–Crippen LogP) is 6.11. The lowest BCUT2D eigenvalue weighted by Crippen LogP contribution is -2.70. The fourth-order valence-corrected chi connectivity index (χ4v) is 11.5. The highest BCUT2D eigenvalue weighted by molar-refractivity contribution is 5.73. The van der Waals surface area contributed by atoms with Crippen molar-refractivity contribution in [1.29, 1.82) is 0 Å². The highest BCUT2D eigenvalue weighted by atomic mass is 16.6. The van der Waals surface area contributed by atoms with E-state index in [4.69, 9.17) is 14.2 Å². The summed E-state index contributed by atoms with van der Waals surface area (Å²) >= 11 is 0. The monoisotopic (exact) mass is 587 g/mol. The molecule has 1 saturated heterocycles. The molecular formula is C35H57NO6. The van der Waals surface area contributed by atoms with Crippen LogP contribution in [0.5, 0.6) is 0 Å². The minimum Gasteiger partial charge on any atom is -0.481 e. The van der Waals surface area contributed by atoms with E-state index in [1.807, 2.05) is 7.05 Å². The Hall–Kier alpha value is -1.44. The Bertz CT molecular complexity index is 1110. The van der Waals surface area contributed by atoms with Gasteiger partial charge in [0, 0.05) is 24.3 Å². The molecule has 238 valence electrons. The average Bonchev–Trinajstić information content (AvgIpc) is 2.90. The van der Waals surface area contributed by atoms with Gasteiger partial charge in [0.05, 0.1) is 25.7 Å². The molecule has 0 radical (unpaired) electrons. The zero-order chi connectivity index (χ0) is 30.9. The number of esters is 1. The summed E-state index contributed by atoms with van der Waals surface area (Å²) in [4.78, 5) is 25.7. The topological polar surface area (TPSA) is 94.1 Å². The molecule has 5 rings (SSSR count). The van der Waals surface area contributed by atoms with Gasteiger partial charge in [-0.15, -0.1) is 0 Å². The van der Waals surface area contributed by atoms with Gasteiger partial charge in [-0.3, -0.25) is 9.59 Å². The van der Waals surface area contributed by atoms with Crippen molar-refractivity contribution in [2.24, 2.45) is 56.7 Å². The second-order valence-electron chi connectivity index (χ2n) is 16.1. The number of rotatable bonds is 8. The van der Waals surface area contributed by atoms with Crippen LogP contribution in [0.25, 0.3) is 0 Å². The number of allylic oxidation sites excluding steroid dienone is 1. The molecule has 3 saturated carbocycles. The average molecular weight is 588 g/mol. The van der Waals surface area contributed by atoms with Crippen LogP contribution in [-0.2, 0) is 23.8 Å². The van der Waals surface area contributed by atoms with Crippen molar-refractivity contribution < 1.29 is 28.9 Å². The molecule has 1 aliphatic heterocycles. The summed E-state index contributed by atoms with van der Waals surface area (Å²) in [6.07, 6.45) is 7.44. The van der Waals surface area contributed by atoms with Gasteiger partial charge in [0.25, 0.3) is 0 Å². The van der Waals surface area contributed by atoms with Crippen molar-refractivity contribution in [2.75, 3.05) is 33.4 Å². The number of nitrogens with one attached hydrogen (secondary N) is 1. The lowest BCUT2D eigenvalue weighted by molar-refractivity contribution is -0.266. The molecule has 11 atom stereocenters. The molecule has 0 aromatic carbocycles. The van der Waals surface area contributed by atoms with Gasteiger partial charge in [0.1, 0.15) is 12.2 Å². The summed E-state index contributed by atoms with van der Waals surface area (Å²) in [6.45, 7) is 20.0. The first-order chi connectivity index (χ1) is 19.6. The minimum atomic E-state index is -0.634. The third-order valence-electron chi connectivity index (χ3n) is 14.0. The molecule has 7 nitrogen and oxygen atoms in total. The number of fused-ring (bicyclic) bond motifs is 3. The van der Waals surface area contributed by atoms with Crippen LogP contribution < -0.4 is 5.32 Å². The number of carbonyl (C=O) groups is 2. The fraction of sp³-hybridized carbons (Fsp3) is 0.886. The summed E-state index contributed by atoms with van der Waals surface area (Å²) in [5.41, 5.74) is 0.202. The van der Waals surface area contributed by atoms with Crippen molar-refractivity contribution in [3.63, 3.8) is 0 Å². The number of hydrogen-bond donors (Lipinski definition) is 2. The van der Waals surface area contributed by atoms with Crippen LogP contribution in [0.15, 0.2) is 11.6 Å². The van der Waals surface area contributed by atoms with Gasteiger partial charge in [0.2, 0.25) is 0 Å². The maximum absolute atomic E-state index is 13.3. The van der Waals surface area contributed by atoms with Crippen molar-refractivity contribution in [3.8, 4) is 0 Å². The maximum Gasteiger partial charge on any atom is 0.307 e. The molecule has 7 heteroatoms. The van der Waals surface area contributed by atoms with E-state index in [1.165, 1.54) is 12.5 Å². The van der Waals surface area contributed by atoms with Crippen LogP contribution in [0.1, 0.15) is 93.9 Å². The van der Waals surface area contributed by atoms with E-state index in [0.717, 1.165) is 38.6 Å². The van der Waals surface area contributed by atoms with E-state index < -0.39 is 11.9 Å². The van der Waals surface area contributed by atoms with Crippen LogP contribution in [0.2, 0.25) is 0 Å². The normalized spacial score (nSPS) is 47.0. The molecule has 4 aliphatic carbocycles. The highest BCUT2D eigenvalue weighted by Crippen LogP contribution is 2.75. The number of aliphatic carboxylic acids is 1. The molecule has 0 aromatic rings. The van der Waals surface area contributed by atoms with Crippen molar-refractivity contribution in [2.45, 2.75) is 106 Å². The SMILES string of the molecule is CNCCO[C@H]1[C@H](OC(C)=O)C[C@]23COC[C@@]1(C)[C@@H]2CC[C@H]1C3=CC[C@@]2(C)[C@H](C(=O)O)[C@@](C)([C@H](C)C(C)C)CC[C@]12C. The largest absolute Gasteiger partial charge is 0.481 e. The summed E-state index contributed by atoms with van der Waals surface area (Å²) in [6, 6.07) is 0. The van der Waals surface area contributed by atoms with Crippen molar-refractivity contribution in [1.82, 2.24) is 5.32 Å². The van der Waals surface area contributed by atoms with Gasteiger partial charge in [0.15, 0.2) is 0 Å². The molecule has 4 fully saturated rings. The lowest BCUT2D eigenvalue weighted by Gasteiger charge is -2.71.